The molecule has 8 heteroatoms. The number of para-hydroxylation sites is 2. The SMILES string of the molecule is CCN1CCN(C(=O)c2ccccc2NC(=O)Nc2ccccc2C(=O)OC)CC1. The molecule has 0 aliphatic carbocycles. The third-order valence-electron chi connectivity index (χ3n) is 5.09. The summed E-state index contributed by atoms with van der Waals surface area (Å²) < 4.78 is 4.75. The van der Waals surface area contributed by atoms with Crippen molar-refractivity contribution >= 4 is 29.3 Å². The monoisotopic (exact) mass is 410 g/mol. The van der Waals surface area contributed by atoms with Gasteiger partial charge in [0, 0.05) is 26.2 Å². The minimum absolute atomic E-state index is 0.114. The van der Waals surface area contributed by atoms with E-state index in [4.69, 9.17) is 4.74 Å². The van der Waals surface area contributed by atoms with Crippen molar-refractivity contribution in [3.63, 3.8) is 0 Å². The molecule has 30 heavy (non-hydrogen) atoms. The number of hydrogen-bond donors (Lipinski definition) is 2. The van der Waals surface area contributed by atoms with Crippen LogP contribution in [-0.2, 0) is 4.74 Å². The first-order valence-corrected chi connectivity index (χ1v) is 9.89. The fraction of sp³-hybridized carbons (Fsp3) is 0.318. The maximum atomic E-state index is 13.0. The molecular formula is C22H26N4O4. The summed E-state index contributed by atoms with van der Waals surface area (Å²) in [6.45, 7) is 6.05. The van der Waals surface area contributed by atoms with Crippen LogP contribution in [0.5, 0.6) is 0 Å². The number of benzene rings is 2. The van der Waals surface area contributed by atoms with E-state index in [1.54, 1.807) is 53.4 Å². The molecular weight excluding hydrogens is 384 g/mol. The Morgan fingerprint density at radius 2 is 1.40 bits per heavy atom. The minimum Gasteiger partial charge on any atom is -0.465 e. The fourth-order valence-corrected chi connectivity index (χ4v) is 3.37. The lowest BCUT2D eigenvalue weighted by atomic mass is 10.1. The summed E-state index contributed by atoms with van der Waals surface area (Å²) in [4.78, 5) is 41.6. The Balaban J connectivity index is 1.72. The lowest BCUT2D eigenvalue weighted by Gasteiger charge is -2.34. The van der Waals surface area contributed by atoms with Gasteiger partial charge < -0.3 is 25.2 Å². The van der Waals surface area contributed by atoms with Crippen LogP contribution in [0.1, 0.15) is 27.6 Å². The van der Waals surface area contributed by atoms with Gasteiger partial charge in [-0.25, -0.2) is 9.59 Å². The van der Waals surface area contributed by atoms with Crippen LogP contribution >= 0.6 is 0 Å². The van der Waals surface area contributed by atoms with Gasteiger partial charge in [0.15, 0.2) is 0 Å². The number of urea groups is 1. The number of esters is 1. The van der Waals surface area contributed by atoms with Crippen LogP contribution in [0.3, 0.4) is 0 Å². The number of hydrogen-bond acceptors (Lipinski definition) is 5. The van der Waals surface area contributed by atoms with Gasteiger partial charge in [0.2, 0.25) is 0 Å². The number of nitrogens with one attached hydrogen (secondary N) is 2. The highest BCUT2D eigenvalue weighted by Crippen LogP contribution is 2.20. The molecule has 0 aromatic heterocycles. The maximum Gasteiger partial charge on any atom is 0.339 e. The minimum atomic E-state index is -0.553. The second-order valence-electron chi connectivity index (χ2n) is 6.89. The second kappa shape index (κ2) is 9.89. The van der Waals surface area contributed by atoms with Crippen molar-refractivity contribution in [2.75, 3.05) is 50.5 Å². The standard InChI is InChI=1S/C22H26N4O4/c1-3-25-12-14-26(15-13-25)20(27)16-8-4-6-10-18(16)23-22(29)24-19-11-7-5-9-17(19)21(28)30-2/h4-11H,3,12-15H2,1-2H3,(H2,23,24,29). The average molecular weight is 410 g/mol. The van der Waals surface area contributed by atoms with Crippen molar-refractivity contribution in [1.82, 2.24) is 9.80 Å². The Hall–Kier alpha value is -3.39. The number of carbonyl (C=O) groups excluding carboxylic acids is 3. The third kappa shape index (κ3) is 4.96. The van der Waals surface area contributed by atoms with Crippen LogP contribution in [0.15, 0.2) is 48.5 Å². The normalized spacial score (nSPS) is 14.1. The Bertz CT molecular complexity index is 923. The summed E-state index contributed by atoms with van der Waals surface area (Å²) >= 11 is 0. The molecule has 2 aromatic rings. The van der Waals surface area contributed by atoms with Gasteiger partial charge in [-0.1, -0.05) is 31.2 Å². The van der Waals surface area contributed by atoms with Crippen LogP contribution in [0.2, 0.25) is 0 Å². The molecule has 0 spiro atoms. The van der Waals surface area contributed by atoms with Crippen LogP contribution < -0.4 is 10.6 Å². The van der Waals surface area contributed by atoms with Gasteiger partial charge in [0.1, 0.15) is 0 Å². The van der Waals surface area contributed by atoms with Crippen molar-refractivity contribution in [1.29, 1.82) is 0 Å². The predicted octanol–water partition coefficient (Wildman–Crippen LogP) is 2.89. The van der Waals surface area contributed by atoms with Crippen molar-refractivity contribution in [2.24, 2.45) is 0 Å². The molecule has 8 nitrogen and oxygen atoms in total. The number of nitrogens with zero attached hydrogens (tertiary/aromatic N) is 2. The summed E-state index contributed by atoms with van der Waals surface area (Å²) in [6.07, 6.45) is 0. The Morgan fingerprint density at radius 1 is 0.867 bits per heavy atom. The molecule has 1 aliphatic heterocycles. The molecule has 0 unspecified atom stereocenters. The molecule has 158 valence electrons. The molecule has 2 N–H and O–H groups in total. The highest BCUT2D eigenvalue weighted by molar-refractivity contribution is 6.08. The van der Waals surface area contributed by atoms with Crippen LogP contribution in [0.25, 0.3) is 0 Å². The quantitative estimate of drug-likeness (QED) is 0.740. The van der Waals surface area contributed by atoms with E-state index >= 15 is 0 Å². The van der Waals surface area contributed by atoms with Gasteiger partial charge in [-0.3, -0.25) is 4.79 Å². The fourth-order valence-electron chi connectivity index (χ4n) is 3.37. The number of ether oxygens (including phenoxy) is 1. The molecule has 3 amide bonds. The molecule has 1 heterocycles. The highest BCUT2D eigenvalue weighted by Gasteiger charge is 2.23. The summed E-state index contributed by atoms with van der Waals surface area (Å²) in [5.41, 5.74) is 1.40. The maximum absolute atomic E-state index is 13.0. The summed E-state index contributed by atoms with van der Waals surface area (Å²) in [5.74, 6) is -0.663. The molecule has 0 atom stereocenters. The van der Waals surface area contributed by atoms with Gasteiger partial charge in [-0.2, -0.15) is 0 Å². The summed E-state index contributed by atoms with van der Waals surface area (Å²) in [7, 11) is 1.28. The van der Waals surface area contributed by atoms with E-state index in [2.05, 4.69) is 22.5 Å². The predicted molar refractivity (Wildman–Crippen MR) is 115 cm³/mol. The molecule has 0 bridgehead atoms. The molecule has 0 radical (unpaired) electrons. The van der Waals surface area contributed by atoms with Crippen molar-refractivity contribution in [3.05, 3.63) is 59.7 Å². The van der Waals surface area contributed by atoms with Crippen molar-refractivity contribution < 1.29 is 19.1 Å². The van der Waals surface area contributed by atoms with E-state index in [-0.39, 0.29) is 11.5 Å². The molecule has 0 saturated carbocycles. The van der Waals surface area contributed by atoms with Gasteiger partial charge in [-0.15, -0.1) is 0 Å². The van der Waals surface area contributed by atoms with E-state index in [9.17, 15) is 14.4 Å². The van der Waals surface area contributed by atoms with Crippen LogP contribution in [0, 0.1) is 0 Å². The van der Waals surface area contributed by atoms with E-state index < -0.39 is 12.0 Å². The Morgan fingerprint density at radius 3 is 1.97 bits per heavy atom. The van der Waals surface area contributed by atoms with E-state index in [1.165, 1.54) is 7.11 Å². The number of carbonyl (C=O) groups is 3. The van der Waals surface area contributed by atoms with Gasteiger partial charge in [0.25, 0.3) is 5.91 Å². The number of likely N-dealkylation sites (N-methyl/N-ethyl adjacent to an activating group) is 1. The van der Waals surface area contributed by atoms with E-state index in [1.807, 2.05) is 0 Å². The Kier molecular flexibility index (Phi) is 7.03. The summed E-state index contributed by atoms with van der Waals surface area (Å²) in [6, 6.07) is 12.9. The third-order valence-corrected chi connectivity index (χ3v) is 5.09. The zero-order valence-electron chi connectivity index (χ0n) is 17.2. The number of rotatable bonds is 5. The zero-order chi connectivity index (χ0) is 21.5. The topological polar surface area (TPSA) is 91.0 Å². The highest BCUT2D eigenvalue weighted by atomic mass is 16.5. The number of piperazine rings is 1. The van der Waals surface area contributed by atoms with Gasteiger partial charge in [-0.05, 0) is 30.8 Å². The van der Waals surface area contributed by atoms with Gasteiger partial charge in [0.05, 0.1) is 29.6 Å². The molecule has 1 aliphatic rings. The van der Waals surface area contributed by atoms with Crippen LogP contribution in [-0.4, -0.2) is 67.5 Å². The zero-order valence-corrected chi connectivity index (χ0v) is 17.2. The first kappa shape index (κ1) is 21.3. The van der Waals surface area contributed by atoms with Crippen LogP contribution in [0.4, 0.5) is 16.2 Å². The molecule has 2 aromatic carbocycles. The number of anilines is 2. The molecule has 1 saturated heterocycles. The first-order chi connectivity index (χ1) is 14.5. The summed E-state index contributed by atoms with van der Waals surface area (Å²) in [5, 5.41) is 5.37. The lowest BCUT2D eigenvalue weighted by molar-refractivity contribution is 0.0600. The molecule has 3 rings (SSSR count). The molecule has 1 fully saturated rings. The van der Waals surface area contributed by atoms with E-state index in [0.717, 1.165) is 19.6 Å². The van der Waals surface area contributed by atoms with Crippen molar-refractivity contribution in [3.8, 4) is 0 Å². The Labute approximate surface area is 175 Å². The second-order valence-corrected chi connectivity index (χ2v) is 6.89. The van der Waals surface area contributed by atoms with Gasteiger partial charge >= 0.3 is 12.0 Å². The number of amides is 3. The average Bonchev–Trinajstić information content (AvgIpc) is 2.79. The van der Waals surface area contributed by atoms with Crippen molar-refractivity contribution in [2.45, 2.75) is 6.92 Å². The lowest BCUT2D eigenvalue weighted by Crippen LogP contribution is -2.48. The first-order valence-electron chi connectivity index (χ1n) is 9.89. The smallest absolute Gasteiger partial charge is 0.339 e. The van der Waals surface area contributed by atoms with E-state index in [0.29, 0.717) is 30.0 Å². The number of methoxy groups -OCH3 is 1. The largest absolute Gasteiger partial charge is 0.465 e.